The molecule has 247 valence electrons. The van der Waals surface area contributed by atoms with Crippen molar-refractivity contribution in [1.29, 1.82) is 0 Å². The Balaban J connectivity index is 0.000000624. The first-order valence-corrected chi connectivity index (χ1v) is 13.2. The third kappa shape index (κ3) is 15.6. The first-order chi connectivity index (χ1) is 20.2. The minimum absolute atomic E-state index is 0. The minimum atomic E-state index is -4.36. The van der Waals surface area contributed by atoms with Gasteiger partial charge in [-0.2, -0.15) is 30.3 Å². The van der Waals surface area contributed by atoms with Gasteiger partial charge in [0.25, 0.3) is 5.91 Å². The van der Waals surface area contributed by atoms with E-state index in [2.05, 4.69) is 30.8 Å². The number of nitrogens with zero attached hydrogens (tertiary/aromatic N) is 4. The predicted molar refractivity (Wildman–Crippen MR) is 139 cm³/mol. The number of carbonyl (C=O) groups excluding carboxylic acids is 2. The zero-order valence-corrected chi connectivity index (χ0v) is 26.2. The van der Waals surface area contributed by atoms with Crippen molar-refractivity contribution in [1.82, 2.24) is 35.6 Å². The fraction of sp³-hybridized carbons (Fsp3) is 0.500. The fourth-order valence-corrected chi connectivity index (χ4v) is 3.82. The zero-order chi connectivity index (χ0) is 32.0. The van der Waals surface area contributed by atoms with Crippen LogP contribution < -0.4 is 10.6 Å². The van der Waals surface area contributed by atoms with Gasteiger partial charge in [-0.05, 0) is 30.5 Å². The second-order valence-corrected chi connectivity index (χ2v) is 9.43. The van der Waals surface area contributed by atoms with Crippen molar-refractivity contribution in [3.63, 3.8) is 0 Å². The Morgan fingerprint density at radius 3 is 2.32 bits per heavy atom. The van der Waals surface area contributed by atoms with Gasteiger partial charge in [0.2, 0.25) is 11.8 Å². The number of aromatic amines is 1. The van der Waals surface area contributed by atoms with Crippen LogP contribution >= 0.6 is 0 Å². The molecule has 0 atom stereocenters. The van der Waals surface area contributed by atoms with E-state index in [-0.39, 0.29) is 58.0 Å². The Morgan fingerprint density at radius 2 is 1.75 bits per heavy atom. The Morgan fingerprint density at radius 1 is 1.09 bits per heavy atom. The number of fused-ring (bicyclic) bond motifs is 1. The summed E-state index contributed by atoms with van der Waals surface area (Å²) < 4.78 is 89.7. The molecule has 18 heteroatoms. The predicted octanol–water partition coefficient (Wildman–Crippen LogP) is 6.19. The second kappa shape index (κ2) is 18.6. The van der Waals surface area contributed by atoms with Crippen LogP contribution in [0.2, 0.25) is 0 Å². The topological polar surface area (TPSA) is 118 Å². The number of H-pyrrole nitrogens is 1. The van der Waals surface area contributed by atoms with Gasteiger partial charge in [-0.15, -0.1) is 0 Å². The van der Waals surface area contributed by atoms with Gasteiger partial charge < -0.3 is 35.2 Å². The first kappa shape index (κ1) is 38.9. The van der Waals surface area contributed by atoms with Gasteiger partial charge in [-0.1, -0.05) is 19.0 Å². The molecule has 44 heavy (non-hydrogen) atoms. The number of hydrogen-bond donors (Lipinski definition) is 3. The van der Waals surface area contributed by atoms with E-state index >= 15 is 0 Å². The van der Waals surface area contributed by atoms with E-state index in [1.165, 1.54) is 11.0 Å². The van der Waals surface area contributed by atoms with E-state index in [9.17, 15) is 44.7 Å². The molecule has 0 bridgehead atoms. The zero-order valence-electron chi connectivity index (χ0n) is 23.5. The molecule has 2 heterocycles. The maximum absolute atomic E-state index is 12.2. The number of halogens is 8. The van der Waals surface area contributed by atoms with Gasteiger partial charge in [-0.25, -0.2) is 18.6 Å². The van der Waals surface area contributed by atoms with E-state index in [1.54, 1.807) is 18.2 Å². The third-order valence-corrected chi connectivity index (χ3v) is 5.84. The average Bonchev–Trinajstić information content (AvgIpc) is 3.56. The molecule has 9 nitrogen and oxygen atoms in total. The average molecular weight is 812 g/mol. The summed E-state index contributed by atoms with van der Waals surface area (Å²) in [5, 5.41) is 13.2. The molecule has 1 radical (unpaired) electrons. The minimum Gasteiger partial charge on any atom is -0.385 e. The molecular formula is C26H31F8N7O2Re-2. The summed E-state index contributed by atoms with van der Waals surface area (Å²) in [6, 6.07) is 5.18. The van der Waals surface area contributed by atoms with Gasteiger partial charge in [-0.3, -0.25) is 9.59 Å². The van der Waals surface area contributed by atoms with E-state index < -0.39 is 37.5 Å². The Hall–Kier alpha value is -3.13. The summed E-state index contributed by atoms with van der Waals surface area (Å²) in [4.78, 5) is 32.6. The van der Waals surface area contributed by atoms with Crippen LogP contribution in [0.5, 0.6) is 0 Å². The van der Waals surface area contributed by atoms with Crippen LogP contribution in [0.25, 0.3) is 11.0 Å². The molecule has 1 aromatic carbocycles. The maximum atomic E-state index is 12.2. The van der Waals surface area contributed by atoms with E-state index in [0.29, 0.717) is 41.8 Å². The van der Waals surface area contributed by atoms with Crippen molar-refractivity contribution in [2.75, 3.05) is 0 Å². The number of amides is 2. The summed E-state index contributed by atoms with van der Waals surface area (Å²) >= 11 is 0. The molecule has 0 aliphatic heterocycles. The monoisotopic (exact) mass is 812 g/mol. The summed E-state index contributed by atoms with van der Waals surface area (Å²) in [6.07, 6.45) is -0.214. The van der Waals surface area contributed by atoms with Crippen LogP contribution in [-0.2, 0) is 44.9 Å². The summed E-state index contributed by atoms with van der Waals surface area (Å²) in [6.45, 7) is -0.480. The molecule has 2 amide bonds. The van der Waals surface area contributed by atoms with E-state index in [0.717, 1.165) is 6.42 Å². The normalized spacial score (nSPS) is 14.0. The standard InChI is InChI=1S/C19H21F3N7O2.C6H10F2.CF3.Re/c1-2-7-29-25-10-15(28-29)18(31)24-11-16-26-13-4-3-12(8-14(13)27-16)9-23-17(30)5-6-19(20,21)22;7-6(8)4-2-1-3-5-6;2-1(3)4;/h2-4,8,10H,5-7,9,11H2,1H3,(H,23,30)(H,24,31)(H,26,27);1-5H2;;/q-1;;-1;. The Kier molecular flexibility index (Phi) is 16.5. The van der Waals surface area contributed by atoms with Gasteiger partial charge in [0.1, 0.15) is 5.82 Å². The van der Waals surface area contributed by atoms with E-state index in [1.807, 2.05) is 13.3 Å². The number of imidazole rings is 1. The first-order valence-electron chi connectivity index (χ1n) is 13.2. The molecular weight excluding hydrogens is 781 g/mol. The van der Waals surface area contributed by atoms with Crippen LogP contribution in [0.3, 0.4) is 0 Å². The van der Waals surface area contributed by atoms with Gasteiger partial charge >= 0.3 is 6.18 Å². The number of rotatable bonds is 9. The molecule has 1 aliphatic rings. The van der Waals surface area contributed by atoms with Crippen LogP contribution in [0, 0.1) is 13.1 Å². The summed E-state index contributed by atoms with van der Waals surface area (Å²) in [5.41, 5.74) is 2.23. The second-order valence-electron chi connectivity index (χ2n) is 9.43. The molecule has 3 N–H and O–H groups in total. The largest absolute Gasteiger partial charge is 0.389 e. The van der Waals surface area contributed by atoms with Crippen molar-refractivity contribution >= 4 is 22.8 Å². The Bertz CT molecular complexity index is 1290. The van der Waals surface area contributed by atoms with Crippen LogP contribution in [0.15, 0.2) is 24.4 Å². The summed E-state index contributed by atoms with van der Waals surface area (Å²) in [5.74, 6) is -2.86. The number of hydrogen-bond acceptors (Lipinski definition) is 5. The van der Waals surface area contributed by atoms with Crippen molar-refractivity contribution in [2.45, 2.75) is 83.6 Å². The van der Waals surface area contributed by atoms with Crippen LogP contribution in [-0.4, -0.2) is 48.9 Å². The smallest absolute Gasteiger partial charge is 0.385 e. The fourth-order valence-electron chi connectivity index (χ4n) is 3.82. The number of nitrogens with one attached hydrogen (secondary N) is 3. The molecule has 3 aromatic rings. The van der Waals surface area contributed by atoms with Gasteiger partial charge in [0.15, 0.2) is 12.4 Å². The Labute approximate surface area is 261 Å². The molecule has 4 rings (SSSR count). The van der Waals surface area contributed by atoms with Crippen molar-refractivity contribution in [3.8, 4) is 0 Å². The molecule has 1 saturated carbocycles. The molecule has 0 saturated heterocycles. The van der Waals surface area contributed by atoms with Crippen LogP contribution in [0.1, 0.15) is 73.7 Å². The van der Waals surface area contributed by atoms with Crippen molar-refractivity contribution in [2.24, 2.45) is 0 Å². The van der Waals surface area contributed by atoms with Crippen molar-refractivity contribution < 1.29 is 65.1 Å². The molecule has 0 spiro atoms. The van der Waals surface area contributed by atoms with E-state index in [4.69, 9.17) is 0 Å². The van der Waals surface area contributed by atoms with Gasteiger partial charge in [0.05, 0.1) is 30.2 Å². The number of alkyl halides is 5. The molecule has 1 fully saturated rings. The molecule has 1 aliphatic carbocycles. The van der Waals surface area contributed by atoms with Crippen molar-refractivity contribution in [3.05, 3.63) is 54.6 Å². The maximum Gasteiger partial charge on any atom is 0.389 e. The SMILES string of the molecule is C[CH-]Cn1ncc(C(=O)NCc2nc3ccc(CNC(=O)CCC(F)(F)F)cc3[nH]2)n1.FC1(F)CCCCC1.F[C-](F)F.[Re]. The van der Waals surface area contributed by atoms with Gasteiger partial charge in [0, 0.05) is 46.2 Å². The quantitative estimate of drug-likeness (QED) is 0.176. The number of benzene rings is 1. The number of carbonyl (C=O) groups is 2. The van der Waals surface area contributed by atoms with Crippen LogP contribution in [0.4, 0.5) is 35.1 Å². The third-order valence-electron chi connectivity index (χ3n) is 5.84. The summed E-state index contributed by atoms with van der Waals surface area (Å²) in [7, 11) is 0. The number of aromatic nitrogens is 5. The molecule has 0 unspecified atom stereocenters. The molecule has 2 aromatic heterocycles.